The molecular formula is C22H34O6. The lowest BCUT2D eigenvalue weighted by Gasteiger charge is -2.63. The maximum atomic E-state index is 12.5. The van der Waals surface area contributed by atoms with E-state index in [2.05, 4.69) is 6.92 Å². The van der Waals surface area contributed by atoms with Gasteiger partial charge >= 0.3 is 0 Å². The SMILES string of the molecule is CO[C@@H]1O[C@@]23CC[C@@]4(O)C[C@H](O)CC[C@@]14[C@H]2CC[C@]1(C)[C@@H](C(=O)CO)CC[C@H]13. The van der Waals surface area contributed by atoms with Crippen LogP contribution in [0.2, 0.25) is 0 Å². The van der Waals surface area contributed by atoms with E-state index in [1.807, 2.05) is 0 Å². The molecule has 1 heterocycles. The zero-order valence-electron chi connectivity index (χ0n) is 17.0. The van der Waals surface area contributed by atoms with Crippen molar-refractivity contribution in [2.75, 3.05) is 13.7 Å². The molecule has 0 aromatic carbocycles. The van der Waals surface area contributed by atoms with Gasteiger partial charge in [-0.05, 0) is 62.7 Å². The Morgan fingerprint density at radius 2 is 1.89 bits per heavy atom. The molecule has 4 aliphatic carbocycles. The smallest absolute Gasteiger partial charge is 0.166 e. The lowest BCUT2D eigenvalue weighted by molar-refractivity contribution is -0.239. The third-order valence-electron chi connectivity index (χ3n) is 9.88. The lowest BCUT2D eigenvalue weighted by Crippen LogP contribution is -2.67. The molecular weight excluding hydrogens is 360 g/mol. The van der Waals surface area contributed by atoms with Crippen LogP contribution in [0.1, 0.15) is 64.7 Å². The van der Waals surface area contributed by atoms with Crippen LogP contribution < -0.4 is 0 Å². The van der Waals surface area contributed by atoms with Crippen LogP contribution in [0, 0.1) is 28.6 Å². The van der Waals surface area contributed by atoms with E-state index in [9.17, 15) is 20.1 Å². The summed E-state index contributed by atoms with van der Waals surface area (Å²) in [6, 6.07) is 0. The zero-order valence-corrected chi connectivity index (χ0v) is 17.0. The summed E-state index contributed by atoms with van der Waals surface area (Å²) in [7, 11) is 1.67. The second-order valence-electron chi connectivity index (χ2n) is 10.5. The highest BCUT2D eigenvalue weighted by Gasteiger charge is 2.79. The molecule has 5 aliphatic rings. The minimum absolute atomic E-state index is 0.0380. The van der Waals surface area contributed by atoms with Crippen LogP contribution in [0.5, 0.6) is 0 Å². The van der Waals surface area contributed by atoms with Gasteiger partial charge in [-0.1, -0.05) is 6.92 Å². The summed E-state index contributed by atoms with van der Waals surface area (Å²) in [4.78, 5) is 12.5. The molecule has 6 heteroatoms. The molecule has 4 saturated carbocycles. The first-order chi connectivity index (χ1) is 13.3. The highest BCUT2D eigenvalue weighted by molar-refractivity contribution is 5.83. The summed E-state index contributed by atoms with van der Waals surface area (Å²) in [6.45, 7) is 1.84. The van der Waals surface area contributed by atoms with Gasteiger partial charge in [0, 0.05) is 25.4 Å². The number of ketones is 1. The number of aliphatic hydroxyl groups is 3. The van der Waals surface area contributed by atoms with Crippen molar-refractivity contribution in [3.8, 4) is 0 Å². The molecule has 0 amide bonds. The first-order valence-electron chi connectivity index (χ1n) is 11.0. The third-order valence-corrected chi connectivity index (χ3v) is 9.88. The third kappa shape index (κ3) is 2.04. The molecule has 9 atom stereocenters. The lowest BCUT2D eigenvalue weighted by atomic mass is 9.42. The number of ether oxygens (including phenoxy) is 2. The summed E-state index contributed by atoms with van der Waals surface area (Å²) in [5, 5.41) is 31.5. The predicted octanol–water partition coefficient (Wildman–Crippen LogP) is 1.79. The Morgan fingerprint density at radius 3 is 2.61 bits per heavy atom. The van der Waals surface area contributed by atoms with Crippen LogP contribution in [0.3, 0.4) is 0 Å². The summed E-state index contributed by atoms with van der Waals surface area (Å²) < 4.78 is 12.7. The maximum Gasteiger partial charge on any atom is 0.166 e. The molecule has 6 nitrogen and oxygen atoms in total. The Bertz CT molecular complexity index is 682. The van der Waals surface area contributed by atoms with Gasteiger partial charge in [-0.3, -0.25) is 4.79 Å². The van der Waals surface area contributed by atoms with E-state index in [1.54, 1.807) is 7.11 Å². The molecule has 158 valence electrons. The Labute approximate surface area is 166 Å². The van der Waals surface area contributed by atoms with Gasteiger partial charge in [-0.25, -0.2) is 0 Å². The van der Waals surface area contributed by atoms with E-state index in [-0.39, 0.29) is 41.2 Å². The molecule has 5 rings (SSSR count). The van der Waals surface area contributed by atoms with E-state index in [0.717, 1.165) is 38.5 Å². The second-order valence-corrected chi connectivity index (χ2v) is 10.5. The Kier molecular flexibility index (Phi) is 4.17. The normalized spacial score (nSPS) is 57.4. The molecule has 1 spiro atoms. The number of methoxy groups -OCH3 is 1. The number of Topliss-reactive ketones (excluding diaryl/α,β-unsaturated/α-hetero) is 1. The molecule has 0 aromatic heterocycles. The van der Waals surface area contributed by atoms with E-state index in [0.29, 0.717) is 19.3 Å². The van der Waals surface area contributed by atoms with Crippen molar-refractivity contribution in [2.45, 2.75) is 88.3 Å². The maximum absolute atomic E-state index is 12.5. The van der Waals surface area contributed by atoms with Crippen LogP contribution in [0.4, 0.5) is 0 Å². The quantitative estimate of drug-likeness (QED) is 0.675. The summed E-state index contributed by atoms with van der Waals surface area (Å²) in [5.74, 6) is 0.293. The summed E-state index contributed by atoms with van der Waals surface area (Å²) in [5.41, 5.74) is -1.96. The van der Waals surface area contributed by atoms with Gasteiger partial charge in [0.15, 0.2) is 12.1 Å². The summed E-state index contributed by atoms with van der Waals surface area (Å²) in [6.07, 6.45) is 5.79. The van der Waals surface area contributed by atoms with Crippen molar-refractivity contribution in [3.05, 3.63) is 0 Å². The molecule has 1 saturated heterocycles. The average molecular weight is 395 g/mol. The number of fused-ring (bicyclic) bond motifs is 1. The molecule has 3 N–H and O–H groups in total. The van der Waals surface area contributed by atoms with E-state index in [4.69, 9.17) is 9.47 Å². The highest BCUT2D eigenvalue weighted by atomic mass is 16.7. The molecule has 0 unspecified atom stereocenters. The van der Waals surface area contributed by atoms with Gasteiger partial charge in [0.1, 0.15) is 6.61 Å². The van der Waals surface area contributed by atoms with Gasteiger partial charge in [0.05, 0.1) is 22.7 Å². The fourth-order valence-electron chi connectivity index (χ4n) is 8.85. The number of hydrogen-bond acceptors (Lipinski definition) is 6. The summed E-state index contributed by atoms with van der Waals surface area (Å²) >= 11 is 0. The molecule has 28 heavy (non-hydrogen) atoms. The molecule has 0 radical (unpaired) electrons. The number of aliphatic hydroxyl groups excluding tert-OH is 2. The fourth-order valence-corrected chi connectivity index (χ4v) is 8.85. The van der Waals surface area contributed by atoms with Gasteiger partial charge in [-0.15, -0.1) is 0 Å². The van der Waals surface area contributed by atoms with Crippen molar-refractivity contribution >= 4 is 5.78 Å². The molecule has 2 bridgehead atoms. The van der Waals surface area contributed by atoms with Gasteiger partial charge in [-0.2, -0.15) is 0 Å². The van der Waals surface area contributed by atoms with Crippen LogP contribution in [-0.2, 0) is 14.3 Å². The monoisotopic (exact) mass is 394 g/mol. The Balaban J connectivity index is 1.59. The Hall–Kier alpha value is -0.530. The minimum atomic E-state index is -0.956. The first-order valence-corrected chi connectivity index (χ1v) is 11.0. The highest BCUT2D eigenvalue weighted by Crippen LogP contribution is 2.75. The van der Waals surface area contributed by atoms with Crippen molar-refractivity contribution in [3.63, 3.8) is 0 Å². The standard InChI is InChI=1S/C22H34O6/c1-19-7-6-17-21-8-5-13(24)11-20(21,26)9-10-22(17,28-18(21)27-2)16(19)4-3-14(19)15(25)12-23/h13-14,16-18,23-24,26H,3-12H2,1-2H3/t13-,14-,16-,17-,18-,19-,20-,21-,22-/m1/s1. The topological polar surface area (TPSA) is 96.2 Å². The molecule has 1 aliphatic heterocycles. The van der Waals surface area contributed by atoms with Crippen molar-refractivity contribution < 1.29 is 29.6 Å². The van der Waals surface area contributed by atoms with E-state index < -0.39 is 23.4 Å². The van der Waals surface area contributed by atoms with Gasteiger partial charge < -0.3 is 24.8 Å². The number of carbonyl (C=O) groups is 1. The largest absolute Gasteiger partial charge is 0.393 e. The van der Waals surface area contributed by atoms with Crippen LogP contribution in [0.15, 0.2) is 0 Å². The first kappa shape index (κ1) is 19.4. The van der Waals surface area contributed by atoms with E-state index >= 15 is 0 Å². The molecule has 0 aromatic rings. The number of carbonyl (C=O) groups excluding carboxylic acids is 1. The van der Waals surface area contributed by atoms with Crippen molar-refractivity contribution in [1.82, 2.24) is 0 Å². The fraction of sp³-hybridized carbons (Fsp3) is 0.955. The number of hydrogen-bond donors (Lipinski definition) is 3. The number of rotatable bonds is 3. The Morgan fingerprint density at radius 1 is 1.11 bits per heavy atom. The minimum Gasteiger partial charge on any atom is -0.393 e. The van der Waals surface area contributed by atoms with E-state index in [1.165, 1.54) is 0 Å². The predicted molar refractivity (Wildman–Crippen MR) is 100 cm³/mol. The molecule has 5 fully saturated rings. The van der Waals surface area contributed by atoms with Crippen LogP contribution in [-0.4, -0.2) is 58.4 Å². The van der Waals surface area contributed by atoms with Gasteiger partial charge in [0.25, 0.3) is 0 Å². The average Bonchev–Trinajstić information content (AvgIpc) is 3.13. The van der Waals surface area contributed by atoms with Crippen molar-refractivity contribution in [1.29, 1.82) is 0 Å². The van der Waals surface area contributed by atoms with Crippen LogP contribution >= 0.6 is 0 Å². The van der Waals surface area contributed by atoms with Crippen LogP contribution in [0.25, 0.3) is 0 Å². The second kappa shape index (κ2) is 6.01. The van der Waals surface area contributed by atoms with Crippen molar-refractivity contribution in [2.24, 2.45) is 28.6 Å². The van der Waals surface area contributed by atoms with Gasteiger partial charge in [0.2, 0.25) is 0 Å². The zero-order chi connectivity index (χ0) is 19.9.